The van der Waals surface area contributed by atoms with E-state index in [1.807, 2.05) is 18.2 Å². The molecular formula is C13H17NO2. The first-order valence-corrected chi connectivity index (χ1v) is 5.70. The molecule has 1 aliphatic rings. The Hall–Kier alpha value is -1.35. The van der Waals surface area contributed by atoms with E-state index in [0.29, 0.717) is 0 Å². The largest absolute Gasteiger partial charge is 0.468 e. The number of rotatable bonds is 2. The minimum atomic E-state index is -0.152. The highest BCUT2D eigenvalue weighted by atomic mass is 16.5. The van der Waals surface area contributed by atoms with Crippen LogP contribution in [-0.4, -0.2) is 19.1 Å². The van der Waals surface area contributed by atoms with Gasteiger partial charge in [0.2, 0.25) is 0 Å². The zero-order chi connectivity index (χ0) is 11.4. The van der Waals surface area contributed by atoms with Crippen LogP contribution in [0.1, 0.15) is 30.9 Å². The predicted octanol–water partition coefficient (Wildman–Crippen LogP) is 2.04. The van der Waals surface area contributed by atoms with Crippen LogP contribution in [0.15, 0.2) is 30.3 Å². The van der Waals surface area contributed by atoms with Crippen LogP contribution in [0.5, 0.6) is 0 Å². The van der Waals surface area contributed by atoms with E-state index in [-0.39, 0.29) is 18.1 Å². The molecule has 0 aliphatic carbocycles. The molecule has 2 atom stereocenters. The molecule has 0 aromatic heterocycles. The van der Waals surface area contributed by atoms with E-state index < -0.39 is 0 Å². The van der Waals surface area contributed by atoms with Crippen molar-refractivity contribution < 1.29 is 9.53 Å². The Balaban J connectivity index is 2.05. The summed E-state index contributed by atoms with van der Waals surface area (Å²) in [6.07, 6.45) is 3.01. The number of methoxy groups -OCH3 is 1. The van der Waals surface area contributed by atoms with Gasteiger partial charge in [0.05, 0.1) is 7.11 Å². The molecule has 0 amide bonds. The van der Waals surface area contributed by atoms with Gasteiger partial charge in [-0.2, -0.15) is 0 Å². The summed E-state index contributed by atoms with van der Waals surface area (Å²) in [7, 11) is 1.44. The Morgan fingerprint density at radius 1 is 1.31 bits per heavy atom. The summed E-state index contributed by atoms with van der Waals surface area (Å²) in [5.41, 5.74) is 1.25. The smallest absolute Gasteiger partial charge is 0.322 e. The second-order valence-electron chi connectivity index (χ2n) is 4.14. The first-order chi connectivity index (χ1) is 7.81. The van der Waals surface area contributed by atoms with Gasteiger partial charge in [-0.3, -0.25) is 10.1 Å². The first-order valence-electron chi connectivity index (χ1n) is 5.70. The predicted molar refractivity (Wildman–Crippen MR) is 62.0 cm³/mol. The molecule has 0 spiro atoms. The normalized spacial score (nSPS) is 25.1. The molecule has 3 heteroatoms. The topological polar surface area (TPSA) is 38.3 Å². The summed E-state index contributed by atoms with van der Waals surface area (Å²) >= 11 is 0. The molecule has 1 aliphatic heterocycles. The van der Waals surface area contributed by atoms with E-state index in [1.54, 1.807) is 0 Å². The second-order valence-corrected chi connectivity index (χ2v) is 4.14. The summed E-state index contributed by atoms with van der Waals surface area (Å²) in [6, 6.07) is 10.4. The highest BCUT2D eigenvalue weighted by Gasteiger charge is 2.27. The zero-order valence-electron chi connectivity index (χ0n) is 9.48. The Morgan fingerprint density at radius 2 is 2.06 bits per heavy atom. The number of hydrogen-bond acceptors (Lipinski definition) is 3. The van der Waals surface area contributed by atoms with Crippen molar-refractivity contribution in [2.75, 3.05) is 7.11 Å². The minimum absolute atomic E-state index is 0.149. The maximum Gasteiger partial charge on any atom is 0.322 e. The fourth-order valence-electron chi connectivity index (χ4n) is 2.21. The summed E-state index contributed by atoms with van der Waals surface area (Å²) in [5, 5.41) is 3.35. The number of benzene rings is 1. The average Bonchev–Trinajstić information content (AvgIpc) is 2.39. The monoisotopic (exact) mass is 219 g/mol. The summed E-state index contributed by atoms with van der Waals surface area (Å²) in [6.45, 7) is 0. The van der Waals surface area contributed by atoms with Gasteiger partial charge in [-0.25, -0.2) is 0 Å². The van der Waals surface area contributed by atoms with E-state index in [2.05, 4.69) is 17.4 Å². The average molecular weight is 219 g/mol. The lowest BCUT2D eigenvalue weighted by Gasteiger charge is -2.29. The molecule has 3 nitrogen and oxygen atoms in total. The van der Waals surface area contributed by atoms with Crippen molar-refractivity contribution in [1.29, 1.82) is 0 Å². The number of nitrogens with one attached hydrogen (secondary N) is 1. The van der Waals surface area contributed by atoms with Gasteiger partial charge in [0, 0.05) is 6.04 Å². The standard InChI is InChI=1S/C13H17NO2/c1-16-13(15)12-9-5-8-11(14-12)10-6-3-2-4-7-10/h2-4,6-7,11-12,14H,5,8-9H2,1H3. The maximum atomic E-state index is 11.5. The number of ether oxygens (including phenoxy) is 1. The number of carbonyl (C=O) groups is 1. The Morgan fingerprint density at radius 3 is 2.75 bits per heavy atom. The van der Waals surface area contributed by atoms with Crippen LogP contribution in [0, 0.1) is 0 Å². The number of esters is 1. The van der Waals surface area contributed by atoms with Crippen molar-refractivity contribution in [3.63, 3.8) is 0 Å². The van der Waals surface area contributed by atoms with Crippen LogP contribution >= 0.6 is 0 Å². The van der Waals surface area contributed by atoms with E-state index in [4.69, 9.17) is 4.74 Å². The van der Waals surface area contributed by atoms with Crippen molar-refractivity contribution in [3.8, 4) is 0 Å². The SMILES string of the molecule is COC(=O)C1CCCC(c2ccccc2)N1. The number of carbonyl (C=O) groups excluding carboxylic acids is 1. The Labute approximate surface area is 95.8 Å². The van der Waals surface area contributed by atoms with Gasteiger partial charge in [0.25, 0.3) is 0 Å². The number of hydrogen-bond donors (Lipinski definition) is 1. The van der Waals surface area contributed by atoms with E-state index in [0.717, 1.165) is 19.3 Å². The lowest BCUT2D eigenvalue weighted by atomic mass is 9.93. The molecule has 2 rings (SSSR count). The van der Waals surface area contributed by atoms with Crippen molar-refractivity contribution in [2.45, 2.75) is 31.3 Å². The minimum Gasteiger partial charge on any atom is -0.468 e. The lowest BCUT2D eigenvalue weighted by molar-refractivity contribution is -0.144. The number of piperidine rings is 1. The van der Waals surface area contributed by atoms with E-state index >= 15 is 0 Å². The zero-order valence-corrected chi connectivity index (χ0v) is 9.48. The molecule has 1 N–H and O–H groups in total. The molecule has 1 aromatic carbocycles. The highest BCUT2D eigenvalue weighted by molar-refractivity contribution is 5.75. The van der Waals surface area contributed by atoms with Gasteiger partial charge < -0.3 is 4.74 Å². The fraction of sp³-hybridized carbons (Fsp3) is 0.462. The summed E-state index contributed by atoms with van der Waals surface area (Å²) in [5.74, 6) is -0.152. The van der Waals surface area contributed by atoms with Gasteiger partial charge >= 0.3 is 5.97 Å². The molecule has 1 heterocycles. The van der Waals surface area contributed by atoms with Gasteiger partial charge in [-0.15, -0.1) is 0 Å². The van der Waals surface area contributed by atoms with Crippen LogP contribution in [0.4, 0.5) is 0 Å². The highest BCUT2D eigenvalue weighted by Crippen LogP contribution is 2.25. The van der Waals surface area contributed by atoms with Gasteiger partial charge in [0.15, 0.2) is 0 Å². The van der Waals surface area contributed by atoms with Gasteiger partial charge in [0.1, 0.15) is 6.04 Å². The van der Waals surface area contributed by atoms with Crippen LogP contribution in [0.25, 0.3) is 0 Å². The van der Waals surface area contributed by atoms with Crippen LogP contribution in [-0.2, 0) is 9.53 Å². The molecule has 0 bridgehead atoms. The first kappa shape index (κ1) is 11.1. The van der Waals surface area contributed by atoms with Crippen molar-refractivity contribution >= 4 is 5.97 Å². The van der Waals surface area contributed by atoms with Crippen LogP contribution in [0.2, 0.25) is 0 Å². The third-order valence-electron chi connectivity index (χ3n) is 3.08. The van der Waals surface area contributed by atoms with E-state index in [1.165, 1.54) is 12.7 Å². The quantitative estimate of drug-likeness (QED) is 0.774. The molecule has 16 heavy (non-hydrogen) atoms. The van der Waals surface area contributed by atoms with Crippen molar-refractivity contribution in [3.05, 3.63) is 35.9 Å². The third-order valence-corrected chi connectivity index (χ3v) is 3.08. The molecule has 86 valence electrons. The molecular weight excluding hydrogens is 202 g/mol. The molecule has 0 saturated carbocycles. The summed E-state index contributed by atoms with van der Waals surface area (Å²) < 4.78 is 4.77. The molecule has 1 aromatic rings. The van der Waals surface area contributed by atoms with Crippen molar-refractivity contribution in [1.82, 2.24) is 5.32 Å². The van der Waals surface area contributed by atoms with Gasteiger partial charge in [-0.1, -0.05) is 30.3 Å². The Bertz CT molecular complexity index is 350. The van der Waals surface area contributed by atoms with Crippen LogP contribution in [0.3, 0.4) is 0 Å². The van der Waals surface area contributed by atoms with Crippen LogP contribution < -0.4 is 5.32 Å². The summed E-state index contributed by atoms with van der Waals surface area (Å²) in [4.78, 5) is 11.5. The maximum absolute atomic E-state index is 11.5. The Kier molecular flexibility index (Phi) is 3.57. The molecule has 1 saturated heterocycles. The fourth-order valence-corrected chi connectivity index (χ4v) is 2.21. The molecule has 1 fully saturated rings. The third kappa shape index (κ3) is 2.42. The molecule has 0 radical (unpaired) electrons. The van der Waals surface area contributed by atoms with Gasteiger partial charge in [-0.05, 0) is 24.8 Å². The molecule has 2 unspecified atom stereocenters. The van der Waals surface area contributed by atoms with E-state index in [9.17, 15) is 4.79 Å². The lowest BCUT2D eigenvalue weighted by Crippen LogP contribution is -2.42. The van der Waals surface area contributed by atoms with Crippen molar-refractivity contribution in [2.24, 2.45) is 0 Å². The second kappa shape index (κ2) is 5.12.